The van der Waals surface area contributed by atoms with Crippen LogP contribution in [0, 0.1) is 12.7 Å². The van der Waals surface area contributed by atoms with Crippen LogP contribution in [-0.2, 0) is 0 Å². The summed E-state index contributed by atoms with van der Waals surface area (Å²) in [7, 11) is 0. The molecule has 6 heteroatoms. The first-order valence-electron chi connectivity index (χ1n) is 9.30. The predicted molar refractivity (Wildman–Crippen MR) is 104 cm³/mol. The van der Waals surface area contributed by atoms with Gasteiger partial charge >= 0.3 is 0 Å². The fourth-order valence-corrected chi connectivity index (χ4v) is 4.99. The van der Waals surface area contributed by atoms with Crippen molar-refractivity contribution < 1.29 is 9.18 Å². The second-order valence-corrected chi connectivity index (χ2v) is 8.37. The highest BCUT2D eigenvalue weighted by Crippen LogP contribution is 2.25. The van der Waals surface area contributed by atoms with Crippen LogP contribution in [0.15, 0.2) is 24.3 Å². The molecule has 4 rings (SSSR count). The van der Waals surface area contributed by atoms with Crippen LogP contribution in [0.4, 0.5) is 4.39 Å². The van der Waals surface area contributed by atoms with Gasteiger partial charge in [-0.25, -0.2) is 4.39 Å². The van der Waals surface area contributed by atoms with E-state index in [0.717, 1.165) is 37.0 Å². The second-order valence-electron chi connectivity index (χ2n) is 7.14. The molecular weight excluding hydrogens is 349 g/mol. The largest absolute Gasteiger partial charge is 0.339 e. The average Bonchev–Trinajstić information content (AvgIpc) is 2.67. The van der Waals surface area contributed by atoms with E-state index in [1.807, 2.05) is 29.7 Å². The molecule has 2 aliphatic heterocycles. The first-order chi connectivity index (χ1) is 12.6. The second kappa shape index (κ2) is 7.53. The molecule has 2 aliphatic rings. The molecule has 1 amide bonds. The van der Waals surface area contributed by atoms with Crippen molar-refractivity contribution in [3.8, 4) is 0 Å². The highest BCUT2D eigenvalue weighted by Gasteiger charge is 2.28. The van der Waals surface area contributed by atoms with Gasteiger partial charge in [-0.1, -0.05) is 0 Å². The van der Waals surface area contributed by atoms with E-state index in [1.54, 1.807) is 6.07 Å². The van der Waals surface area contributed by atoms with Gasteiger partial charge in [-0.3, -0.25) is 14.7 Å². The summed E-state index contributed by atoms with van der Waals surface area (Å²) in [5.41, 5.74) is 1.93. The van der Waals surface area contributed by atoms with Crippen molar-refractivity contribution in [2.45, 2.75) is 25.8 Å². The summed E-state index contributed by atoms with van der Waals surface area (Å²) < 4.78 is 13.5. The number of benzene rings is 1. The summed E-state index contributed by atoms with van der Waals surface area (Å²) in [5, 5.41) is 0.733. The average molecular weight is 373 g/mol. The Hall–Kier alpha value is -1.66. The van der Waals surface area contributed by atoms with Crippen LogP contribution in [0.25, 0.3) is 10.9 Å². The number of aryl methyl sites for hydroxylation is 1. The molecule has 0 saturated carbocycles. The Morgan fingerprint density at radius 3 is 2.62 bits per heavy atom. The highest BCUT2D eigenvalue weighted by molar-refractivity contribution is 7.99. The smallest absolute Gasteiger partial charge is 0.254 e. The van der Waals surface area contributed by atoms with Crippen LogP contribution < -0.4 is 0 Å². The zero-order valence-corrected chi connectivity index (χ0v) is 15.9. The minimum absolute atomic E-state index is 0.0414. The van der Waals surface area contributed by atoms with Crippen molar-refractivity contribution in [1.82, 2.24) is 14.8 Å². The summed E-state index contributed by atoms with van der Waals surface area (Å²) in [6.45, 7) is 5.77. The standard InChI is InChI=1S/C20H24FN3OS/c1-14-12-18(17-3-2-15(21)13-19(17)22-14)20(25)24-6-4-16(5-7-24)23-8-10-26-11-9-23/h2-3,12-13,16H,4-11H2,1H3. The lowest BCUT2D eigenvalue weighted by Crippen LogP contribution is -2.49. The quantitative estimate of drug-likeness (QED) is 0.809. The van der Waals surface area contributed by atoms with Crippen molar-refractivity contribution in [3.05, 3.63) is 41.3 Å². The number of hydrogen-bond donors (Lipinski definition) is 0. The van der Waals surface area contributed by atoms with Gasteiger partial charge in [-0.15, -0.1) is 0 Å². The lowest BCUT2D eigenvalue weighted by atomic mass is 10.0. The molecule has 0 spiro atoms. The number of carbonyl (C=O) groups is 1. The minimum atomic E-state index is -0.325. The maximum Gasteiger partial charge on any atom is 0.254 e. The monoisotopic (exact) mass is 373 g/mol. The molecule has 0 N–H and O–H groups in total. The lowest BCUT2D eigenvalue weighted by Gasteiger charge is -2.40. The SMILES string of the molecule is Cc1cc(C(=O)N2CCC(N3CCSCC3)CC2)c2ccc(F)cc2n1. The Bertz CT molecular complexity index is 809. The van der Waals surface area contributed by atoms with Gasteiger partial charge in [0.05, 0.1) is 11.1 Å². The molecule has 4 nitrogen and oxygen atoms in total. The van der Waals surface area contributed by atoms with Crippen molar-refractivity contribution >= 4 is 28.6 Å². The third-order valence-corrected chi connectivity index (χ3v) is 6.39. The van der Waals surface area contributed by atoms with E-state index in [0.29, 0.717) is 17.1 Å². The minimum Gasteiger partial charge on any atom is -0.339 e. The number of hydrogen-bond acceptors (Lipinski definition) is 4. The molecule has 0 radical (unpaired) electrons. The number of nitrogens with zero attached hydrogens (tertiary/aromatic N) is 3. The molecule has 3 heterocycles. The van der Waals surface area contributed by atoms with Crippen LogP contribution in [-0.4, -0.2) is 64.4 Å². The number of likely N-dealkylation sites (tertiary alicyclic amines) is 1. The van der Waals surface area contributed by atoms with E-state index in [2.05, 4.69) is 9.88 Å². The van der Waals surface area contributed by atoms with Crippen LogP contribution in [0.3, 0.4) is 0 Å². The Morgan fingerprint density at radius 2 is 1.88 bits per heavy atom. The molecule has 1 aromatic heterocycles. The number of fused-ring (bicyclic) bond motifs is 1. The maximum atomic E-state index is 13.5. The van der Waals surface area contributed by atoms with Crippen molar-refractivity contribution in [3.63, 3.8) is 0 Å². The molecule has 2 saturated heterocycles. The first-order valence-corrected chi connectivity index (χ1v) is 10.5. The molecule has 0 unspecified atom stereocenters. The van der Waals surface area contributed by atoms with Crippen molar-refractivity contribution in [2.24, 2.45) is 0 Å². The predicted octanol–water partition coefficient (Wildman–Crippen LogP) is 3.34. The number of thioether (sulfide) groups is 1. The van der Waals surface area contributed by atoms with Crippen molar-refractivity contribution in [2.75, 3.05) is 37.7 Å². The highest BCUT2D eigenvalue weighted by atomic mass is 32.2. The first kappa shape index (κ1) is 17.7. The summed E-state index contributed by atoms with van der Waals surface area (Å²) >= 11 is 2.03. The van der Waals surface area contributed by atoms with E-state index in [1.165, 1.54) is 36.7 Å². The molecule has 0 atom stereocenters. The molecule has 2 fully saturated rings. The Morgan fingerprint density at radius 1 is 1.15 bits per heavy atom. The van der Waals surface area contributed by atoms with Crippen molar-refractivity contribution in [1.29, 1.82) is 0 Å². The molecular formula is C20H24FN3OS. The fourth-order valence-electron chi connectivity index (χ4n) is 4.06. The summed E-state index contributed by atoms with van der Waals surface area (Å²) in [5.74, 6) is 2.16. The summed E-state index contributed by atoms with van der Waals surface area (Å²) in [6, 6.07) is 6.90. The molecule has 138 valence electrons. The fraction of sp³-hybridized carbons (Fsp3) is 0.500. The van der Waals surface area contributed by atoms with Gasteiger partial charge < -0.3 is 4.90 Å². The number of aromatic nitrogens is 1. The molecule has 1 aromatic carbocycles. The van der Waals surface area contributed by atoms with Crippen LogP contribution in [0.5, 0.6) is 0 Å². The van der Waals surface area contributed by atoms with Gasteiger partial charge in [-0.2, -0.15) is 11.8 Å². The lowest BCUT2D eigenvalue weighted by molar-refractivity contribution is 0.0632. The Kier molecular flexibility index (Phi) is 5.14. The van der Waals surface area contributed by atoms with Gasteiger partial charge in [0.2, 0.25) is 0 Å². The van der Waals surface area contributed by atoms with Gasteiger partial charge in [-0.05, 0) is 38.0 Å². The zero-order chi connectivity index (χ0) is 18.1. The third-order valence-electron chi connectivity index (χ3n) is 5.44. The van der Waals surface area contributed by atoms with Gasteiger partial charge in [0.25, 0.3) is 5.91 Å². The number of rotatable bonds is 2. The summed E-state index contributed by atoms with van der Waals surface area (Å²) in [4.78, 5) is 22.0. The molecule has 0 bridgehead atoms. The van der Waals surface area contributed by atoms with Gasteiger partial charge in [0.1, 0.15) is 5.82 Å². The molecule has 2 aromatic rings. The Balaban J connectivity index is 1.51. The van der Waals surface area contributed by atoms with Crippen LogP contribution in [0.1, 0.15) is 28.9 Å². The van der Waals surface area contributed by atoms with E-state index in [4.69, 9.17) is 0 Å². The van der Waals surface area contributed by atoms with E-state index in [-0.39, 0.29) is 11.7 Å². The number of halogens is 1. The number of amides is 1. The van der Waals surface area contributed by atoms with E-state index >= 15 is 0 Å². The third kappa shape index (κ3) is 3.58. The van der Waals surface area contributed by atoms with Gasteiger partial charge in [0, 0.05) is 60.9 Å². The van der Waals surface area contributed by atoms with Crippen LogP contribution in [0.2, 0.25) is 0 Å². The van der Waals surface area contributed by atoms with E-state index < -0.39 is 0 Å². The van der Waals surface area contributed by atoms with Crippen LogP contribution >= 0.6 is 11.8 Å². The summed E-state index contributed by atoms with van der Waals surface area (Å²) in [6.07, 6.45) is 2.07. The van der Waals surface area contributed by atoms with E-state index in [9.17, 15) is 9.18 Å². The normalized spacial score (nSPS) is 19.8. The maximum absolute atomic E-state index is 13.5. The Labute approximate surface area is 157 Å². The topological polar surface area (TPSA) is 36.4 Å². The number of piperidine rings is 1. The number of carbonyl (C=O) groups excluding carboxylic acids is 1. The molecule has 26 heavy (non-hydrogen) atoms. The molecule has 0 aliphatic carbocycles. The zero-order valence-electron chi connectivity index (χ0n) is 15.1. The number of pyridine rings is 1. The van der Waals surface area contributed by atoms with Gasteiger partial charge in [0.15, 0.2) is 0 Å².